The lowest BCUT2D eigenvalue weighted by molar-refractivity contribution is 0.0717. The van der Waals surface area contributed by atoms with Crippen molar-refractivity contribution in [1.82, 2.24) is 39.7 Å². The molecule has 14 nitrogen and oxygen atoms in total. The van der Waals surface area contributed by atoms with Gasteiger partial charge in [0, 0.05) is 44.3 Å². The third-order valence-corrected chi connectivity index (χ3v) is 11.2. The van der Waals surface area contributed by atoms with E-state index in [2.05, 4.69) is 46.3 Å². The van der Waals surface area contributed by atoms with E-state index in [-0.39, 0.29) is 27.4 Å². The lowest BCUT2D eigenvalue weighted by Crippen LogP contribution is -2.35. The molecule has 0 atom stereocenters. The number of hydrogen-bond donors (Lipinski definition) is 1. The van der Waals surface area contributed by atoms with Crippen molar-refractivity contribution >= 4 is 82.7 Å². The molecule has 2 saturated heterocycles. The molecular weight excluding hydrogens is 673 g/mol. The first-order valence-corrected chi connectivity index (χ1v) is 19.2. The number of aromatic nitrogens is 6. The average molecular weight is 705 g/mol. The number of nitrogens with zero attached hydrogens (tertiary/aromatic N) is 9. The zero-order valence-corrected chi connectivity index (χ0v) is 28.6. The summed E-state index contributed by atoms with van der Waals surface area (Å²) >= 11 is 2.44. The molecule has 17 heteroatoms. The number of rotatable bonds is 5. The molecule has 2 amide bonds. The standard InChI is InChI=1S/C19H18N6OS.C12H14N4O3S2/c26-19(25-6-2-1-3-7-25)18-24-15-16(21-11-22-17(15)27-18)23-14-5-4-12-9-20-10-13(12)8-14;1-21(18,19)11-8-9(13-7-14-11)20-10(15-8)12(17)16-5-3-2-4-6-16/h4-5,8,10-11H,1-3,6-7,9H2,(H,21,22,23);7H,2-6H2,1H3. The van der Waals surface area contributed by atoms with Crippen LogP contribution >= 0.6 is 22.7 Å². The van der Waals surface area contributed by atoms with Crippen LogP contribution in [0.15, 0.2) is 40.9 Å². The number of carbonyl (C=O) groups excluding carboxylic acids is 2. The van der Waals surface area contributed by atoms with Gasteiger partial charge in [-0.2, -0.15) is 0 Å². The summed E-state index contributed by atoms with van der Waals surface area (Å²) in [5.74, 6) is 0.457. The molecule has 0 radical (unpaired) electrons. The van der Waals surface area contributed by atoms with Gasteiger partial charge in [0.1, 0.15) is 33.3 Å². The van der Waals surface area contributed by atoms with Crippen LogP contribution in [0.2, 0.25) is 0 Å². The second kappa shape index (κ2) is 13.6. The van der Waals surface area contributed by atoms with Crippen molar-refractivity contribution in [2.75, 3.05) is 37.8 Å². The smallest absolute Gasteiger partial charge is 0.282 e. The van der Waals surface area contributed by atoms with Gasteiger partial charge in [0.05, 0.1) is 6.54 Å². The first kappa shape index (κ1) is 32.1. The van der Waals surface area contributed by atoms with Crippen molar-refractivity contribution in [1.29, 1.82) is 0 Å². The second-order valence-corrected chi connectivity index (χ2v) is 15.6. The van der Waals surface area contributed by atoms with Gasteiger partial charge in [0.2, 0.25) is 0 Å². The molecule has 248 valence electrons. The van der Waals surface area contributed by atoms with Crippen LogP contribution in [-0.2, 0) is 16.4 Å². The average Bonchev–Trinajstić information content (AvgIpc) is 3.87. The van der Waals surface area contributed by atoms with E-state index in [0.717, 1.165) is 98.5 Å². The Hall–Kier alpha value is -4.48. The van der Waals surface area contributed by atoms with Crippen molar-refractivity contribution in [3.8, 4) is 0 Å². The van der Waals surface area contributed by atoms with Gasteiger partial charge >= 0.3 is 0 Å². The number of amides is 2. The number of benzene rings is 1. The maximum atomic E-state index is 12.8. The normalized spacial score (nSPS) is 16.1. The third kappa shape index (κ3) is 6.75. The number of thiazole rings is 2. The minimum atomic E-state index is -3.50. The molecule has 0 saturated carbocycles. The lowest BCUT2D eigenvalue weighted by Gasteiger charge is -2.25. The molecule has 4 aromatic heterocycles. The molecule has 5 aromatic rings. The number of carbonyl (C=O) groups is 2. The molecule has 3 aliphatic heterocycles. The fourth-order valence-corrected chi connectivity index (χ4v) is 8.36. The Kier molecular flexibility index (Phi) is 9.07. The predicted octanol–water partition coefficient (Wildman–Crippen LogP) is 4.50. The summed E-state index contributed by atoms with van der Waals surface area (Å²) in [6.45, 7) is 3.80. The third-order valence-electron chi connectivity index (χ3n) is 8.26. The molecule has 0 aliphatic carbocycles. The van der Waals surface area contributed by atoms with Crippen LogP contribution in [0, 0.1) is 0 Å². The Balaban J connectivity index is 0.000000157. The molecule has 1 aromatic carbocycles. The van der Waals surface area contributed by atoms with Crippen molar-refractivity contribution < 1.29 is 18.0 Å². The molecule has 0 spiro atoms. The SMILES string of the molecule is CS(=O)(=O)c1ncnc2sc(C(=O)N3CCCCC3)nc12.O=C(c1nc2c(Nc3ccc4c(c3)C=NC4)ncnc2s1)N1CCCCC1. The van der Waals surface area contributed by atoms with Gasteiger partial charge in [-0.25, -0.2) is 38.3 Å². The van der Waals surface area contributed by atoms with Gasteiger partial charge in [0.25, 0.3) is 11.8 Å². The van der Waals surface area contributed by atoms with Crippen molar-refractivity contribution in [3.63, 3.8) is 0 Å². The number of sulfone groups is 1. The summed E-state index contributed by atoms with van der Waals surface area (Å²) < 4.78 is 23.4. The van der Waals surface area contributed by atoms with E-state index < -0.39 is 9.84 Å². The largest absolute Gasteiger partial charge is 0.338 e. The van der Waals surface area contributed by atoms with Crippen molar-refractivity contribution in [3.05, 3.63) is 52.0 Å². The number of nitrogens with one attached hydrogen (secondary N) is 1. The van der Waals surface area contributed by atoms with E-state index in [4.69, 9.17) is 0 Å². The van der Waals surface area contributed by atoms with Gasteiger partial charge in [-0.3, -0.25) is 14.6 Å². The van der Waals surface area contributed by atoms with E-state index in [1.54, 1.807) is 4.90 Å². The highest BCUT2D eigenvalue weighted by atomic mass is 32.2. The number of likely N-dealkylation sites (tertiary alicyclic amines) is 2. The Morgan fingerprint density at radius 1 is 0.771 bits per heavy atom. The number of hydrogen-bond acceptors (Lipinski definition) is 14. The van der Waals surface area contributed by atoms with E-state index >= 15 is 0 Å². The lowest BCUT2D eigenvalue weighted by atomic mass is 10.1. The first-order chi connectivity index (χ1) is 23.2. The number of fused-ring (bicyclic) bond motifs is 3. The van der Waals surface area contributed by atoms with Crippen LogP contribution in [0.3, 0.4) is 0 Å². The zero-order valence-electron chi connectivity index (χ0n) is 26.1. The molecule has 3 aliphatic rings. The summed E-state index contributed by atoms with van der Waals surface area (Å²) in [5, 5.41) is 3.95. The van der Waals surface area contributed by atoms with Crippen LogP contribution in [0.4, 0.5) is 11.5 Å². The number of anilines is 2. The second-order valence-electron chi connectivity index (χ2n) is 11.7. The van der Waals surface area contributed by atoms with E-state index in [0.29, 0.717) is 21.2 Å². The maximum absolute atomic E-state index is 12.8. The summed E-state index contributed by atoms with van der Waals surface area (Å²) in [6.07, 6.45) is 12.1. The van der Waals surface area contributed by atoms with Crippen LogP contribution in [0.1, 0.15) is 69.3 Å². The van der Waals surface area contributed by atoms with Crippen LogP contribution in [0.5, 0.6) is 0 Å². The first-order valence-electron chi connectivity index (χ1n) is 15.7. The number of aliphatic imine (C=N–C) groups is 1. The molecule has 2 fully saturated rings. The highest BCUT2D eigenvalue weighted by Gasteiger charge is 2.25. The highest BCUT2D eigenvalue weighted by Crippen LogP contribution is 2.30. The molecular formula is C31H32N10O4S3. The van der Waals surface area contributed by atoms with Crippen LogP contribution in [0.25, 0.3) is 20.7 Å². The van der Waals surface area contributed by atoms with Gasteiger partial charge in [-0.15, -0.1) is 0 Å². The Morgan fingerprint density at radius 2 is 1.35 bits per heavy atom. The van der Waals surface area contributed by atoms with Gasteiger partial charge in [0.15, 0.2) is 30.7 Å². The molecule has 7 heterocycles. The van der Waals surface area contributed by atoms with Crippen LogP contribution in [-0.4, -0.2) is 98.6 Å². The predicted molar refractivity (Wildman–Crippen MR) is 184 cm³/mol. The van der Waals surface area contributed by atoms with Crippen molar-refractivity contribution in [2.24, 2.45) is 4.99 Å². The van der Waals surface area contributed by atoms with Crippen molar-refractivity contribution in [2.45, 2.75) is 50.1 Å². The summed E-state index contributed by atoms with van der Waals surface area (Å²) in [4.78, 5) is 59.4. The molecule has 0 unspecified atom stereocenters. The Bertz CT molecular complexity index is 2150. The Labute approximate surface area is 284 Å². The van der Waals surface area contributed by atoms with E-state index in [1.807, 2.05) is 23.2 Å². The van der Waals surface area contributed by atoms with E-state index in [9.17, 15) is 18.0 Å². The summed E-state index contributed by atoms with van der Waals surface area (Å²) in [6, 6.07) is 6.12. The van der Waals surface area contributed by atoms with Gasteiger partial charge < -0.3 is 15.1 Å². The highest BCUT2D eigenvalue weighted by molar-refractivity contribution is 7.90. The van der Waals surface area contributed by atoms with Crippen LogP contribution < -0.4 is 5.32 Å². The molecule has 0 bridgehead atoms. The van der Waals surface area contributed by atoms with Gasteiger partial charge in [-0.05, 0) is 61.8 Å². The maximum Gasteiger partial charge on any atom is 0.282 e. The Morgan fingerprint density at radius 3 is 1.98 bits per heavy atom. The monoisotopic (exact) mass is 704 g/mol. The molecule has 48 heavy (non-hydrogen) atoms. The number of piperidine rings is 2. The van der Waals surface area contributed by atoms with Gasteiger partial charge in [-0.1, -0.05) is 28.7 Å². The summed E-state index contributed by atoms with van der Waals surface area (Å²) in [5.41, 5.74) is 4.07. The fraction of sp³-hybridized carbons (Fsp3) is 0.387. The topological polar surface area (TPSA) is 176 Å². The molecule has 1 N–H and O–H groups in total. The molecule has 8 rings (SSSR count). The zero-order chi connectivity index (χ0) is 33.3. The minimum Gasteiger partial charge on any atom is -0.338 e. The summed E-state index contributed by atoms with van der Waals surface area (Å²) in [7, 11) is -3.50. The van der Waals surface area contributed by atoms with E-state index in [1.165, 1.54) is 36.0 Å². The fourth-order valence-electron chi connectivity index (χ4n) is 5.81. The minimum absolute atomic E-state index is 0.00241. The quantitative estimate of drug-likeness (QED) is 0.255.